The van der Waals surface area contributed by atoms with E-state index >= 15 is 0 Å². The highest BCUT2D eigenvalue weighted by molar-refractivity contribution is 5.94. The molecule has 0 aliphatic carbocycles. The maximum absolute atomic E-state index is 12.2. The van der Waals surface area contributed by atoms with Crippen molar-refractivity contribution in [2.24, 2.45) is 0 Å². The van der Waals surface area contributed by atoms with Gasteiger partial charge in [0.2, 0.25) is 11.8 Å². The normalized spacial score (nSPS) is 13.3. The monoisotopic (exact) mass is 366 g/mol. The fourth-order valence-electron chi connectivity index (χ4n) is 3.26. The molecular weight excluding hydrogens is 340 g/mol. The first-order valence-corrected chi connectivity index (χ1v) is 9.29. The molecule has 0 spiro atoms. The van der Waals surface area contributed by atoms with Crippen LogP contribution in [0, 0.1) is 6.92 Å². The van der Waals surface area contributed by atoms with Crippen LogP contribution in [0.1, 0.15) is 25.3 Å². The van der Waals surface area contributed by atoms with Gasteiger partial charge in [0.05, 0.1) is 6.54 Å². The minimum Gasteiger partial charge on any atom is -0.376 e. The van der Waals surface area contributed by atoms with Crippen LogP contribution in [0.2, 0.25) is 0 Å². The predicted octanol–water partition coefficient (Wildman–Crippen LogP) is 3.60. The second-order valence-electron chi connectivity index (χ2n) is 6.80. The lowest BCUT2D eigenvalue weighted by molar-refractivity contribution is -0.115. The van der Waals surface area contributed by atoms with E-state index in [2.05, 4.69) is 33.0 Å². The second-order valence-corrected chi connectivity index (χ2v) is 6.80. The van der Waals surface area contributed by atoms with Crippen molar-refractivity contribution in [1.29, 1.82) is 0 Å². The number of hydrogen-bond acceptors (Lipinski definition) is 4. The molecule has 142 valence electrons. The van der Waals surface area contributed by atoms with Gasteiger partial charge < -0.3 is 20.9 Å². The molecule has 1 aliphatic rings. The van der Waals surface area contributed by atoms with Crippen molar-refractivity contribution < 1.29 is 9.59 Å². The molecule has 3 N–H and O–H groups in total. The van der Waals surface area contributed by atoms with E-state index in [1.807, 2.05) is 37.3 Å². The highest BCUT2D eigenvalue weighted by Gasteiger charge is 2.12. The zero-order valence-corrected chi connectivity index (χ0v) is 15.8. The number of carbonyl (C=O) groups excluding carboxylic acids is 2. The van der Waals surface area contributed by atoms with Crippen LogP contribution in [0.15, 0.2) is 42.5 Å². The van der Waals surface area contributed by atoms with Crippen LogP contribution < -0.4 is 20.9 Å². The molecule has 27 heavy (non-hydrogen) atoms. The van der Waals surface area contributed by atoms with Crippen molar-refractivity contribution in [2.75, 3.05) is 40.5 Å². The van der Waals surface area contributed by atoms with Crippen molar-refractivity contribution in [3.8, 4) is 0 Å². The summed E-state index contributed by atoms with van der Waals surface area (Å²) in [5.74, 6) is -0.237. The third kappa shape index (κ3) is 5.00. The molecule has 2 amide bonds. The van der Waals surface area contributed by atoms with Gasteiger partial charge >= 0.3 is 0 Å². The number of rotatable bonds is 6. The lowest BCUT2D eigenvalue weighted by Crippen LogP contribution is -2.22. The minimum atomic E-state index is -0.120. The zero-order chi connectivity index (χ0) is 19.2. The Bertz CT molecular complexity index is 811. The number of benzene rings is 2. The summed E-state index contributed by atoms with van der Waals surface area (Å²) >= 11 is 0. The molecule has 1 fully saturated rings. The van der Waals surface area contributed by atoms with Gasteiger partial charge in [0.15, 0.2) is 0 Å². The van der Waals surface area contributed by atoms with E-state index in [0.717, 1.165) is 35.7 Å². The van der Waals surface area contributed by atoms with Crippen molar-refractivity contribution >= 4 is 34.6 Å². The van der Waals surface area contributed by atoms with Crippen LogP contribution in [0.3, 0.4) is 0 Å². The predicted molar refractivity (Wildman–Crippen MR) is 110 cm³/mol. The molecule has 2 aromatic carbocycles. The van der Waals surface area contributed by atoms with Crippen LogP contribution in [-0.4, -0.2) is 31.4 Å². The van der Waals surface area contributed by atoms with Crippen molar-refractivity contribution in [3.05, 3.63) is 48.0 Å². The molecule has 0 bridgehead atoms. The molecule has 0 aromatic heterocycles. The first-order chi connectivity index (χ1) is 13.0. The van der Waals surface area contributed by atoms with Crippen LogP contribution in [0.25, 0.3) is 0 Å². The summed E-state index contributed by atoms with van der Waals surface area (Å²) in [5.41, 5.74) is 4.45. The highest BCUT2D eigenvalue weighted by atomic mass is 16.2. The SMILES string of the molecule is CC(=O)Nc1cccc(NCC(=O)Nc2ccc(N3CCCC3)cc2)c1C. The number of nitrogens with one attached hydrogen (secondary N) is 3. The zero-order valence-electron chi connectivity index (χ0n) is 15.8. The Morgan fingerprint density at radius 1 is 0.963 bits per heavy atom. The average molecular weight is 366 g/mol. The maximum atomic E-state index is 12.2. The van der Waals surface area contributed by atoms with Crippen LogP contribution in [0.4, 0.5) is 22.7 Å². The van der Waals surface area contributed by atoms with Gasteiger partial charge in [0.25, 0.3) is 0 Å². The van der Waals surface area contributed by atoms with Crippen molar-refractivity contribution in [1.82, 2.24) is 0 Å². The van der Waals surface area contributed by atoms with E-state index in [-0.39, 0.29) is 18.4 Å². The molecule has 0 atom stereocenters. The van der Waals surface area contributed by atoms with Gasteiger partial charge in [-0.15, -0.1) is 0 Å². The van der Waals surface area contributed by atoms with E-state index in [1.165, 1.54) is 25.5 Å². The standard InChI is InChI=1S/C21H26N4O2/c1-15-19(6-5-7-20(15)23-16(2)26)22-14-21(27)24-17-8-10-18(11-9-17)25-12-3-4-13-25/h5-11,22H,3-4,12-14H2,1-2H3,(H,23,26)(H,24,27). The first-order valence-electron chi connectivity index (χ1n) is 9.29. The van der Waals surface area contributed by atoms with Gasteiger partial charge in [-0.3, -0.25) is 9.59 Å². The van der Waals surface area contributed by atoms with E-state index in [4.69, 9.17) is 0 Å². The van der Waals surface area contributed by atoms with E-state index < -0.39 is 0 Å². The van der Waals surface area contributed by atoms with Crippen LogP contribution in [0.5, 0.6) is 0 Å². The van der Waals surface area contributed by atoms with Crippen molar-refractivity contribution in [3.63, 3.8) is 0 Å². The summed E-state index contributed by atoms with van der Waals surface area (Å²) in [6.45, 7) is 5.74. The summed E-state index contributed by atoms with van der Waals surface area (Å²) in [4.78, 5) is 25.9. The molecule has 0 unspecified atom stereocenters. The Labute approximate surface area is 159 Å². The smallest absolute Gasteiger partial charge is 0.243 e. The molecule has 6 heteroatoms. The first kappa shape index (κ1) is 18.8. The van der Waals surface area contributed by atoms with Gasteiger partial charge in [0.1, 0.15) is 0 Å². The fourth-order valence-corrected chi connectivity index (χ4v) is 3.26. The van der Waals surface area contributed by atoms with Gasteiger partial charge in [-0.1, -0.05) is 6.07 Å². The largest absolute Gasteiger partial charge is 0.376 e. The topological polar surface area (TPSA) is 73.5 Å². The van der Waals surface area contributed by atoms with Gasteiger partial charge in [-0.25, -0.2) is 0 Å². The summed E-state index contributed by atoms with van der Waals surface area (Å²) in [7, 11) is 0. The van der Waals surface area contributed by atoms with Crippen LogP contribution >= 0.6 is 0 Å². The Morgan fingerprint density at radius 3 is 2.30 bits per heavy atom. The van der Waals surface area contributed by atoms with E-state index in [1.54, 1.807) is 0 Å². The maximum Gasteiger partial charge on any atom is 0.243 e. The van der Waals surface area contributed by atoms with Crippen molar-refractivity contribution in [2.45, 2.75) is 26.7 Å². The summed E-state index contributed by atoms with van der Waals surface area (Å²) < 4.78 is 0. The van der Waals surface area contributed by atoms with Gasteiger partial charge in [0, 0.05) is 42.8 Å². The number of nitrogens with zero attached hydrogens (tertiary/aromatic N) is 1. The summed E-state index contributed by atoms with van der Waals surface area (Å²) in [6.07, 6.45) is 2.49. The molecule has 6 nitrogen and oxygen atoms in total. The molecule has 0 radical (unpaired) electrons. The molecule has 2 aromatic rings. The molecular formula is C21H26N4O2. The van der Waals surface area contributed by atoms with Crippen LogP contribution in [-0.2, 0) is 9.59 Å². The molecule has 1 aliphatic heterocycles. The number of amides is 2. The highest BCUT2D eigenvalue weighted by Crippen LogP contribution is 2.24. The van der Waals surface area contributed by atoms with E-state index in [0.29, 0.717) is 0 Å². The number of carbonyl (C=O) groups is 2. The lowest BCUT2D eigenvalue weighted by Gasteiger charge is -2.18. The summed E-state index contributed by atoms with van der Waals surface area (Å²) in [5, 5.41) is 8.82. The third-order valence-corrected chi connectivity index (χ3v) is 4.71. The Kier molecular flexibility index (Phi) is 5.96. The van der Waals surface area contributed by atoms with E-state index in [9.17, 15) is 9.59 Å². The minimum absolute atomic E-state index is 0.117. The van der Waals surface area contributed by atoms with Gasteiger partial charge in [-0.05, 0) is 61.7 Å². The lowest BCUT2D eigenvalue weighted by atomic mass is 10.1. The second kappa shape index (κ2) is 8.58. The Balaban J connectivity index is 1.54. The number of anilines is 4. The third-order valence-electron chi connectivity index (χ3n) is 4.71. The molecule has 1 heterocycles. The Morgan fingerprint density at radius 2 is 1.63 bits per heavy atom. The molecule has 3 rings (SSSR count). The van der Waals surface area contributed by atoms with Gasteiger partial charge in [-0.2, -0.15) is 0 Å². The quantitative estimate of drug-likeness (QED) is 0.730. The average Bonchev–Trinajstić information content (AvgIpc) is 3.17. The molecule has 0 saturated carbocycles. The summed E-state index contributed by atoms with van der Waals surface area (Å²) in [6, 6.07) is 13.5. The Hall–Kier alpha value is -3.02. The molecule has 1 saturated heterocycles. The fraction of sp³-hybridized carbons (Fsp3) is 0.333. The number of hydrogen-bond donors (Lipinski definition) is 3.